The Morgan fingerprint density at radius 2 is 1.89 bits per heavy atom. The Balaban J connectivity index is 1.86. The summed E-state index contributed by atoms with van der Waals surface area (Å²) < 4.78 is 1.13. The van der Waals surface area contributed by atoms with Gasteiger partial charge in [0.2, 0.25) is 0 Å². The molecule has 2 aromatic rings. The Morgan fingerprint density at radius 3 is 2.58 bits per heavy atom. The van der Waals surface area contributed by atoms with E-state index in [0.29, 0.717) is 11.6 Å². The average molecular weight is 387 g/mol. The third-order valence-corrected chi connectivity index (χ3v) is 3.40. The Kier molecular flexibility index (Phi) is 5.04. The molecular formula is C14H12ClIN2O. The maximum Gasteiger partial charge on any atom is 0.319 e. The first-order chi connectivity index (χ1) is 9.13. The van der Waals surface area contributed by atoms with E-state index in [2.05, 4.69) is 33.2 Å². The van der Waals surface area contributed by atoms with Crippen molar-refractivity contribution in [3.63, 3.8) is 0 Å². The summed E-state index contributed by atoms with van der Waals surface area (Å²) in [6.45, 7) is 0.441. The second kappa shape index (κ2) is 6.77. The van der Waals surface area contributed by atoms with Gasteiger partial charge in [-0.2, -0.15) is 0 Å². The van der Waals surface area contributed by atoms with Crippen LogP contribution in [0.25, 0.3) is 0 Å². The molecule has 3 nitrogen and oxygen atoms in total. The predicted molar refractivity (Wildman–Crippen MR) is 86.5 cm³/mol. The van der Waals surface area contributed by atoms with Crippen LogP contribution in [0.4, 0.5) is 10.5 Å². The lowest BCUT2D eigenvalue weighted by Gasteiger charge is -2.08. The summed E-state index contributed by atoms with van der Waals surface area (Å²) in [7, 11) is 0. The molecule has 0 saturated heterocycles. The van der Waals surface area contributed by atoms with Crippen LogP contribution in [-0.2, 0) is 6.54 Å². The van der Waals surface area contributed by atoms with Crippen LogP contribution in [0, 0.1) is 3.57 Å². The molecule has 2 amide bonds. The fourth-order valence-electron chi connectivity index (χ4n) is 1.54. The molecule has 0 aliphatic rings. The summed E-state index contributed by atoms with van der Waals surface area (Å²) in [5.41, 5.74) is 1.73. The van der Waals surface area contributed by atoms with Crippen LogP contribution in [0.3, 0.4) is 0 Å². The number of hydrogen-bond donors (Lipinski definition) is 2. The largest absolute Gasteiger partial charge is 0.334 e. The number of urea groups is 1. The molecule has 2 aromatic carbocycles. The van der Waals surface area contributed by atoms with Crippen LogP contribution in [0.15, 0.2) is 48.5 Å². The number of halogens is 2. The smallest absolute Gasteiger partial charge is 0.319 e. The van der Waals surface area contributed by atoms with Crippen molar-refractivity contribution >= 4 is 45.9 Å². The van der Waals surface area contributed by atoms with E-state index in [9.17, 15) is 4.79 Å². The van der Waals surface area contributed by atoms with Crippen molar-refractivity contribution in [1.29, 1.82) is 0 Å². The molecule has 0 heterocycles. The normalized spacial score (nSPS) is 10.0. The van der Waals surface area contributed by atoms with Crippen LogP contribution < -0.4 is 10.6 Å². The van der Waals surface area contributed by atoms with Crippen molar-refractivity contribution in [3.05, 3.63) is 62.7 Å². The van der Waals surface area contributed by atoms with E-state index in [4.69, 9.17) is 11.6 Å². The number of amides is 2. The van der Waals surface area contributed by atoms with Crippen LogP contribution in [-0.4, -0.2) is 6.03 Å². The molecular weight excluding hydrogens is 375 g/mol. The summed E-state index contributed by atoms with van der Waals surface area (Å²) in [5, 5.41) is 6.21. The van der Waals surface area contributed by atoms with Gasteiger partial charge in [-0.05, 0) is 64.6 Å². The molecule has 2 rings (SSSR count). The van der Waals surface area contributed by atoms with Gasteiger partial charge in [0, 0.05) is 20.8 Å². The highest BCUT2D eigenvalue weighted by molar-refractivity contribution is 14.1. The summed E-state index contributed by atoms with van der Waals surface area (Å²) in [5.74, 6) is 0. The van der Waals surface area contributed by atoms with Crippen molar-refractivity contribution in [1.82, 2.24) is 5.32 Å². The van der Waals surface area contributed by atoms with Gasteiger partial charge in [0.25, 0.3) is 0 Å². The molecule has 0 fully saturated rings. The standard InChI is InChI=1S/C14H12ClIN2O/c15-11-3-1-2-10(8-11)9-17-14(19)18-13-6-4-12(16)5-7-13/h1-8H,9H2,(H2,17,18,19). The van der Waals surface area contributed by atoms with Crippen molar-refractivity contribution < 1.29 is 4.79 Å². The Morgan fingerprint density at radius 1 is 1.16 bits per heavy atom. The number of carbonyl (C=O) groups excluding carboxylic acids is 1. The predicted octanol–water partition coefficient (Wildman–Crippen LogP) is 4.27. The highest BCUT2D eigenvalue weighted by Gasteiger charge is 2.01. The lowest BCUT2D eigenvalue weighted by molar-refractivity contribution is 0.251. The minimum Gasteiger partial charge on any atom is -0.334 e. The van der Waals surface area contributed by atoms with Crippen LogP contribution in [0.2, 0.25) is 5.02 Å². The van der Waals surface area contributed by atoms with E-state index in [0.717, 1.165) is 14.8 Å². The van der Waals surface area contributed by atoms with Gasteiger partial charge in [-0.25, -0.2) is 4.79 Å². The van der Waals surface area contributed by atoms with Gasteiger partial charge in [-0.1, -0.05) is 23.7 Å². The van der Waals surface area contributed by atoms with Crippen molar-refractivity contribution in [2.75, 3.05) is 5.32 Å². The number of nitrogens with one attached hydrogen (secondary N) is 2. The molecule has 0 atom stereocenters. The molecule has 0 bridgehead atoms. The first kappa shape index (κ1) is 14.1. The maximum absolute atomic E-state index is 11.7. The number of benzene rings is 2. The summed E-state index contributed by atoms with van der Waals surface area (Å²) in [6, 6.07) is 14.8. The number of carbonyl (C=O) groups is 1. The zero-order valence-corrected chi connectivity index (χ0v) is 12.9. The fourth-order valence-corrected chi connectivity index (χ4v) is 2.11. The van der Waals surface area contributed by atoms with Crippen molar-refractivity contribution in [2.45, 2.75) is 6.54 Å². The molecule has 0 aliphatic carbocycles. The minimum atomic E-state index is -0.235. The molecule has 0 spiro atoms. The van der Waals surface area contributed by atoms with Gasteiger partial charge in [0.05, 0.1) is 0 Å². The molecule has 5 heteroatoms. The maximum atomic E-state index is 11.7. The van der Waals surface area contributed by atoms with E-state index >= 15 is 0 Å². The SMILES string of the molecule is O=C(NCc1cccc(Cl)c1)Nc1ccc(I)cc1. The first-order valence-corrected chi connectivity index (χ1v) is 7.14. The van der Waals surface area contributed by atoms with Crippen LogP contribution >= 0.6 is 34.2 Å². The lowest BCUT2D eigenvalue weighted by atomic mass is 10.2. The third kappa shape index (κ3) is 4.72. The molecule has 0 aromatic heterocycles. The third-order valence-electron chi connectivity index (χ3n) is 2.44. The molecule has 0 saturated carbocycles. The molecule has 0 aliphatic heterocycles. The summed E-state index contributed by atoms with van der Waals surface area (Å²) in [4.78, 5) is 11.7. The first-order valence-electron chi connectivity index (χ1n) is 5.68. The second-order valence-corrected chi connectivity index (χ2v) is 5.63. The van der Waals surface area contributed by atoms with Gasteiger partial charge < -0.3 is 10.6 Å². The van der Waals surface area contributed by atoms with Gasteiger partial charge in [-0.3, -0.25) is 0 Å². The van der Waals surface area contributed by atoms with E-state index in [1.165, 1.54) is 0 Å². The lowest BCUT2D eigenvalue weighted by Crippen LogP contribution is -2.28. The van der Waals surface area contributed by atoms with E-state index in [1.807, 2.05) is 42.5 Å². The highest BCUT2D eigenvalue weighted by atomic mass is 127. The zero-order valence-electron chi connectivity index (χ0n) is 9.99. The molecule has 98 valence electrons. The van der Waals surface area contributed by atoms with Gasteiger partial charge in [0.15, 0.2) is 0 Å². The Hall–Kier alpha value is -1.27. The van der Waals surface area contributed by atoms with E-state index < -0.39 is 0 Å². The van der Waals surface area contributed by atoms with E-state index in [1.54, 1.807) is 6.07 Å². The number of rotatable bonds is 3. The molecule has 0 unspecified atom stereocenters. The zero-order chi connectivity index (χ0) is 13.7. The fraction of sp³-hybridized carbons (Fsp3) is 0.0714. The second-order valence-electron chi connectivity index (χ2n) is 3.94. The monoisotopic (exact) mass is 386 g/mol. The number of hydrogen-bond acceptors (Lipinski definition) is 1. The molecule has 2 N–H and O–H groups in total. The molecule has 0 radical (unpaired) electrons. The van der Waals surface area contributed by atoms with Gasteiger partial charge in [0.1, 0.15) is 0 Å². The van der Waals surface area contributed by atoms with Crippen molar-refractivity contribution in [2.24, 2.45) is 0 Å². The topological polar surface area (TPSA) is 41.1 Å². The molecule has 19 heavy (non-hydrogen) atoms. The quantitative estimate of drug-likeness (QED) is 0.760. The van der Waals surface area contributed by atoms with Crippen LogP contribution in [0.1, 0.15) is 5.56 Å². The minimum absolute atomic E-state index is 0.235. The number of anilines is 1. The van der Waals surface area contributed by atoms with Crippen molar-refractivity contribution in [3.8, 4) is 0 Å². The Labute approximate surface area is 130 Å². The highest BCUT2D eigenvalue weighted by Crippen LogP contribution is 2.12. The van der Waals surface area contributed by atoms with E-state index in [-0.39, 0.29) is 6.03 Å². The van der Waals surface area contributed by atoms with Crippen LogP contribution in [0.5, 0.6) is 0 Å². The average Bonchev–Trinajstić information content (AvgIpc) is 2.39. The van der Waals surface area contributed by atoms with Gasteiger partial charge in [-0.15, -0.1) is 0 Å². The van der Waals surface area contributed by atoms with Gasteiger partial charge >= 0.3 is 6.03 Å². The Bertz CT molecular complexity index is 572. The summed E-state index contributed by atoms with van der Waals surface area (Å²) >= 11 is 8.09. The summed E-state index contributed by atoms with van der Waals surface area (Å²) in [6.07, 6.45) is 0.